The van der Waals surface area contributed by atoms with Gasteiger partial charge in [-0.05, 0) is 13.0 Å². The summed E-state index contributed by atoms with van der Waals surface area (Å²) in [6.07, 6.45) is 1.57. The molecule has 1 aromatic heterocycles. The molecule has 0 spiro atoms. The summed E-state index contributed by atoms with van der Waals surface area (Å²) in [6.45, 7) is 2.38. The van der Waals surface area contributed by atoms with Crippen molar-refractivity contribution in [2.24, 2.45) is 0 Å². The van der Waals surface area contributed by atoms with Crippen molar-refractivity contribution in [2.75, 3.05) is 0 Å². The molecule has 4 nitrogen and oxygen atoms in total. The molecule has 0 aliphatic heterocycles. The van der Waals surface area contributed by atoms with E-state index < -0.39 is 5.82 Å². The van der Waals surface area contributed by atoms with Gasteiger partial charge in [0.2, 0.25) is 0 Å². The second-order valence-electron chi connectivity index (χ2n) is 3.78. The third kappa shape index (κ3) is 2.82. The molecule has 0 amide bonds. The maximum Gasteiger partial charge on any atom is 0.150 e. The molecule has 0 aliphatic carbocycles. The first kappa shape index (κ1) is 11.6. The van der Waals surface area contributed by atoms with Gasteiger partial charge in [-0.25, -0.2) is 4.39 Å². The lowest BCUT2D eigenvalue weighted by Crippen LogP contribution is -2.17. The fourth-order valence-corrected chi connectivity index (χ4v) is 1.58. The van der Waals surface area contributed by atoms with Gasteiger partial charge in [0, 0.05) is 23.7 Å². The molecule has 2 rings (SSSR count). The van der Waals surface area contributed by atoms with Crippen LogP contribution in [0.4, 0.5) is 4.39 Å². The number of phenolic OH excluding ortho intramolecular Hbond substituents is 1. The minimum absolute atomic E-state index is 0.0532. The van der Waals surface area contributed by atoms with Crippen LogP contribution in [0.1, 0.15) is 24.3 Å². The van der Waals surface area contributed by atoms with Crippen molar-refractivity contribution < 1.29 is 14.0 Å². The van der Waals surface area contributed by atoms with Gasteiger partial charge in [0.25, 0.3) is 0 Å². The molecule has 0 bridgehead atoms. The maximum atomic E-state index is 12.8. The second-order valence-corrected chi connectivity index (χ2v) is 3.78. The molecule has 1 aromatic carbocycles. The van der Waals surface area contributed by atoms with Crippen LogP contribution in [0.3, 0.4) is 0 Å². The normalized spacial score (nSPS) is 12.6. The molecule has 0 saturated carbocycles. The van der Waals surface area contributed by atoms with E-state index in [1.54, 1.807) is 18.3 Å². The summed E-state index contributed by atoms with van der Waals surface area (Å²) in [7, 11) is 0. The summed E-state index contributed by atoms with van der Waals surface area (Å²) < 4.78 is 17.8. The fraction of sp³-hybridized carbons (Fsp3) is 0.250. The zero-order chi connectivity index (χ0) is 12.3. The zero-order valence-corrected chi connectivity index (χ0v) is 9.35. The molecule has 1 heterocycles. The van der Waals surface area contributed by atoms with Crippen LogP contribution < -0.4 is 5.32 Å². The van der Waals surface area contributed by atoms with Gasteiger partial charge in [-0.2, -0.15) is 0 Å². The summed E-state index contributed by atoms with van der Waals surface area (Å²) >= 11 is 0. The van der Waals surface area contributed by atoms with Gasteiger partial charge < -0.3 is 14.9 Å². The SMILES string of the molecule is CC(NCc1ccno1)c1ccc(F)cc1O. The Morgan fingerprint density at radius 3 is 2.94 bits per heavy atom. The Bertz CT molecular complexity index is 485. The number of hydrogen-bond donors (Lipinski definition) is 2. The van der Waals surface area contributed by atoms with E-state index in [0.29, 0.717) is 17.9 Å². The number of nitrogens with zero attached hydrogens (tertiary/aromatic N) is 1. The Hall–Kier alpha value is -1.88. The number of phenols is 1. The van der Waals surface area contributed by atoms with Crippen LogP contribution >= 0.6 is 0 Å². The van der Waals surface area contributed by atoms with E-state index in [1.165, 1.54) is 6.07 Å². The summed E-state index contributed by atoms with van der Waals surface area (Å²) in [6, 6.07) is 5.62. The Morgan fingerprint density at radius 2 is 2.29 bits per heavy atom. The largest absolute Gasteiger partial charge is 0.508 e. The van der Waals surface area contributed by atoms with E-state index in [0.717, 1.165) is 6.07 Å². The zero-order valence-electron chi connectivity index (χ0n) is 9.35. The van der Waals surface area contributed by atoms with Gasteiger partial charge in [-0.15, -0.1) is 0 Å². The molecule has 17 heavy (non-hydrogen) atoms. The van der Waals surface area contributed by atoms with Gasteiger partial charge in [-0.3, -0.25) is 0 Å². The topological polar surface area (TPSA) is 58.3 Å². The smallest absolute Gasteiger partial charge is 0.150 e. The molecule has 1 unspecified atom stereocenters. The average molecular weight is 236 g/mol. The number of halogens is 1. The first-order valence-corrected chi connectivity index (χ1v) is 5.28. The molecule has 5 heteroatoms. The van der Waals surface area contributed by atoms with Crippen molar-refractivity contribution in [3.63, 3.8) is 0 Å². The quantitative estimate of drug-likeness (QED) is 0.855. The molecule has 90 valence electrons. The minimum atomic E-state index is -0.450. The number of rotatable bonds is 4. The minimum Gasteiger partial charge on any atom is -0.508 e. The van der Waals surface area contributed by atoms with E-state index >= 15 is 0 Å². The van der Waals surface area contributed by atoms with Crippen LogP contribution in [-0.4, -0.2) is 10.3 Å². The molecule has 0 fully saturated rings. The first-order valence-electron chi connectivity index (χ1n) is 5.28. The summed E-state index contributed by atoms with van der Waals surface area (Å²) in [5.41, 5.74) is 0.644. The van der Waals surface area contributed by atoms with E-state index in [1.807, 2.05) is 6.92 Å². The Kier molecular flexibility index (Phi) is 3.39. The molecule has 0 radical (unpaired) electrons. The van der Waals surface area contributed by atoms with Gasteiger partial charge in [-0.1, -0.05) is 11.2 Å². The lowest BCUT2D eigenvalue weighted by Gasteiger charge is -2.14. The predicted octanol–water partition coefficient (Wildman–Crippen LogP) is 2.37. The van der Waals surface area contributed by atoms with Crippen molar-refractivity contribution >= 4 is 0 Å². The molecule has 1 atom stereocenters. The van der Waals surface area contributed by atoms with Crippen LogP contribution in [0.2, 0.25) is 0 Å². The third-order valence-corrected chi connectivity index (χ3v) is 2.53. The molecule has 0 aliphatic rings. The highest BCUT2D eigenvalue weighted by Gasteiger charge is 2.11. The van der Waals surface area contributed by atoms with E-state index in [9.17, 15) is 9.50 Å². The van der Waals surface area contributed by atoms with E-state index in [-0.39, 0.29) is 11.8 Å². The lowest BCUT2D eigenvalue weighted by atomic mass is 10.1. The summed E-state index contributed by atoms with van der Waals surface area (Å²) in [5.74, 6) is 0.203. The first-order chi connectivity index (χ1) is 8.16. The second kappa shape index (κ2) is 4.97. The van der Waals surface area contributed by atoms with Crippen molar-refractivity contribution in [3.05, 3.63) is 47.6 Å². The highest BCUT2D eigenvalue weighted by atomic mass is 19.1. The van der Waals surface area contributed by atoms with Crippen molar-refractivity contribution in [1.82, 2.24) is 10.5 Å². The van der Waals surface area contributed by atoms with Gasteiger partial charge in [0.05, 0.1) is 12.7 Å². The molecule has 2 N–H and O–H groups in total. The third-order valence-electron chi connectivity index (χ3n) is 2.53. The number of benzene rings is 1. The summed E-state index contributed by atoms with van der Waals surface area (Å²) in [5, 5.41) is 16.3. The van der Waals surface area contributed by atoms with Gasteiger partial charge in [0.1, 0.15) is 17.3 Å². The number of aromatic nitrogens is 1. The molecular weight excluding hydrogens is 223 g/mol. The number of aromatic hydroxyl groups is 1. The lowest BCUT2D eigenvalue weighted by molar-refractivity contribution is 0.364. The van der Waals surface area contributed by atoms with E-state index in [2.05, 4.69) is 10.5 Å². The van der Waals surface area contributed by atoms with Crippen LogP contribution in [0.25, 0.3) is 0 Å². The fourth-order valence-electron chi connectivity index (χ4n) is 1.58. The van der Waals surface area contributed by atoms with Crippen molar-refractivity contribution in [1.29, 1.82) is 0 Å². The van der Waals surface area contributed by atoms with Gasteiger partial charge >= 0.3 is 0 Å². The van der Waals surface area contributed by atoms with Crippen LogP contribution in [-0.2, 0) is 6.54 Å². The number of hydrogen-bond acceptors (Lipinski definition) is 4. The van der Waals surface area contributed by atoms with Crippen LogP contribution in [0.15, 0.2) is 35.0 Å². The highest BCUT2D eigenvalue weighted by Crippen LogP contribution is 2.24. The summed E-state index contributed by atoms with van der Waals surface area (Å²) in [4.78, 5) is 0. The van der Waals surface area contributed by atoms with Crippen LogP contribution in [0.5, 0.6) is 5.75 Å². The van der Waals surface area contributed by atoms with Crippen LogP contribution in [0, 0.1) is 5.82 Å². The predicted molar refractivity (Wildman–Crippen MR) is 59.8 cm³/mol. The Labute approximate surface area is 98.1 Å². The average Bonchev–Trinajstić information content (AvgIpc) is 2.78. The maximum absolute atomic E-state index is 12.8. The highest BCUT2D eigenvalue weighted by molar-refractivity contribution is 5.34. The van der Waals surface area contributed by atoms with Crippen molar-refractivity contribution in [3.8, 4) is 5.75 Å². The molecular formula is C12H13FN2O2. The van der Waals surface area contributed by atoms with E-state index in [4.69, 9.17) is 4.52 Å². The molecule has 0 saturated heterocycles. The number of nitrogens with one attached hydrogen (secondary N) is 1. The monoisotopic (exact) mass is 236 g/mol. The Balaban J connectivity index is 2.01. The molecule has 2 aromatic rings. The standard InChI is InChI=1S/C12H13FN2O2/c1-8(14-7-10-4-5-15-17-10)11-3-2-9(13)6-12(11)16/h2-6,8,14,16H,7H2,1H3. The van der Waals surface area contributed by atoms with Gasteiger partial charge in [0.15, 0.2) is 0 Å². The van der Waals surface area contributed by atoms with Crippen molar-refractivity contribution in [2.45, 2.75) is 19.5 Å². The Morgan fingerprint density at radius 1 is 1.47 bits per heavy atom.